The molecular formula is C18H17N2P. The van der Waals surface area contributed by atoms with Crippen molar-refractivity contribution in [2.75, 3.05) is 11.5 Å². The predicted octanol–water partition coefficient (Wildman–Crippen LogP) is 3.69. The first-order valence-electron chi connectivity index (χ1n) is 6.75. The molecule has 0 saturated carbocycles. The summed E-state index contributed by atoms with van der Waals surface area (Å²) in [6.45, 7) is 0. The molecule has 21 heavy (non-hydrogen) atoms. The third-order valence-electron chi connectivity index (χ3n) is 3.47. The summed E-state index contributed by atoms with van der Waals surface area (Å²) in [7, 11) is 2.80. The van der Waals surface area contributed by atoms with Gasteiger partial charge in [0.05, 0.1) is 0 Å². The van der Waals surface area contributed by atoms with Gasteiger partial charge in [-0.25, -0.2) is 0 Å². The van der Waals surface area contributed by atoms with Crippen LogP contribution in [0.15, 0.2) is 66.7 Å². The Bertz CT molecular complexity index is 797. The average molecular weight is 292 g/mol. The van der Waals surface area contributed by atoms with Gasteiger partial charge in [0.15, 0.2) is 0 Å². The molecule has 2 nitrogen and oxygen atoms in total. The molecule has 0 saturated heterocycles. The largest absolute Gasteiger partial charge is 0.399 e. The minimum atomic E-state index is 0.763. The molecule has 1 unspecified atom stereocenters. The van der Waals surface area contributed by atoms with Crippen LogP contribution in [0.4, 0.5) is 11.4 Å². The number of anilines is 2. The normalized spacial score (nSPS) is 10.5. The molecule has 0 aliphatic heterocycles. The van der Waals surface area contributed by atoms with Crippen molar-refractivity contribution >= 4 is 25.9 Å². The van der Waals surface area contributed by atoms with Crippen LogP contribution in [0.25, 0.3) is 22.3 Å². The maximum absolute atomic E-state index is 5.93. The van der Waals surface area contributed by atoms with Crippen LogP contribution < -0.4 is 16.8 Å². The van der Waals surface area contributed by atoms with Crippen molar-refractivity contribution in [2.24, 2.45) is 0 Å². The second kappa shape index (κ2) is 5.59. The fraction of sp³-hybridized carbons (Fsp3) is 0. The number of rotatable bonds is 2. The highest BCUT2D eigenvalue weighted by atomic mass is 31.0. The van der Waals surface area contributed by atoms with Crippen molar-refractivity contribution in [3.63, 3.8) is 0 Å². The minimum Gasteiger partial charge on any atom is -0.399 e. The maximum atomic E-state index is 5.93. The van der Waals surface area contributed by atoms with Crippen LogP contribution in [0.1, 0.15) is 0 Å². The first kappa shape index (κ1) is 13.7. The van der Waals surface area contributed by atoms with E-state index in [0.717, 1.165) is 33.4 Å². The Morgan fingerprint density at radius 2 is 1.24 bits per heavy atom. The molecule has 0 aliphatic carbocycles. The molecular weight excluding hydrogens is 275 g/mol. The second-order valence-corrected chi connectivity index (χ2v) is 5.64. The topological polar surface area (TPSA) is 52.0 Å². The van der Waals surface area contributed by atoms with Crippen molar-refractivity contribution in [2.45, 2.75) is 0 Å². The summed E-state index contributed by atoms with van der Waals surface area (Å²) in [5.74, 6) is 0. The van der Waals surface area contributed by atoms with Gasteiger partial charge in [-0.3, -0.25) is 0 Å². The average Bonchev–Trinajstić information content (AvgIpc) is 2.47. The summed E-state index contributed by atoms with van der Waals surface area (Å²) < 4.78 is 0. The number of nitrogen functional groups attached to an aromatic ring is 2. The lowest BCUT2D eigenvalue weighted by atomic mass is 9.94. The van der Waals surface area contributed by atoms with Crippen LogP contribution in [-0.4, -0.2) is 0 Å². The fourth-order valence-corrected chi connectivity index (χ4v) is 2.97. The Labute approximate surface area is 127 Å². The van der Waals surface area contributed by atoms with E-state index in [-0.39, 0.29) is 0 Å². The summed E-state index contributed by atoms with van der Waals surface area (Å²) in [6.07, 6.45) is 0. The Hall–Kier alpha value is -2.31. The van der Waals surface area contributed by atoms with Crippen molar-refractivity contribution < 1.29 is 0 Å². The van der Waals surface area contributed by atoms with E-state index >= 15 is 0 Å². The van der Waals surface area contributed by atoms with Gasteiger partial charge in [0.1, 0.15) is 0 Å². The first-order valence-corrected chi connectivity index (χ1v) is 7.33. The van der Waals surface area contributed by atoms with Crippen LogP contribution in [0.2, 0.25) is 0 Å². The van der Waals surface area contributed by atoms with Gasteiger partial charge < -0.3 is 11.5 Å². The van der Waals surface area contributed by atoms with E-state index in [4.69, 9.17) is 11.5 Å². The Kier molecular flexibility index (Phi) is 3.64. The van der Waals surface area contributed by atoms with Gasteiger partial charge >= 0.3 is 0 Å². The molecule has 0 bridgehead atoms. The number of benzene rings is 3. The fourth-order valence-electron chi connectivity index (χ4n) is 2.53. The zero-order chi connectivity index (χ0) is 14.8. The van der Waals surface area contributed by atoms with Crippen molar-refractivity contribution in [3.05, 3.63) is 66.7 Å². The molecule has 4 N–H and O–H groups in total. The molecule has 0 amide bonds. The molecule has 3 heteroatoms. The standard InChI is InChI=1S/C18H17N2P/c19-14-6-1-4-12(10-14)16-8-3-9-17(21)18(16)13-5-2-7-15(20)11-13/h1-11H,19-21H2. The Balaban J connectivity index is 2.25. The highest BCUT2D eigenvalue weighted by Gasteiger charge is 2.10. The third kappa shape index (κ3) is 2.76. The SMILES string of the molecule is Nc1cccc(-c2cccc(P)c2-c2cccc(N)c2)c1. The molecule has 0 aromatic heterocycles. The zero-order valence-electron chi connectivity index (χ0n) is 11.6. The van der Waals surface area contributed by atoms with Crippen LogP contribution in [0.5, 0.6) is 0 Å². The maximum Gasteiger partial charge on any atom is 0.0320 e. The molecule has 1 atom stereocenters. The third-order valence-corrected chi connectivity index (χ3v) is 3.95. The van der Waals surface area contributed by atoms with Gasteiger partial charge in [-0.2, -0.15) is 0 Å². The van der Waals surface area contributed by atoms with Crippen LogP contribution >= 0.6 is 9.24 Å². The molecule has 3 rings (SSSR count). The first-order chi connectivity index (χ1) is 10.1. The lowest BCUT2D eigenvalue weighted by molar-refractivity contribution is 1.60. The van der Waals surface area contributed by atoms with Crippen molar-refractivity contribution in [1.29, 1.82) is 0 Å². The van der Waals surface area contributed by atoms with E-state index < -0.39 is 0 Å². The van der Waals surface area contributed by atoms with E-state index in [1.54, 1.807) is 0 Å². The highest BCUT2D eigenvalue weighted by molar-refractivity contribution is 7.28. The van der Waals surface area contributed by atoms with Gasteiger partial charge in [0.2, 0.25) is 0 Å². The summed E-state index contributed by atoms with van der Waals surface area (Å²) >= 11 is 0. The van der Waals surface area contributed by atoms with Gasteiger partial charge in [-0.1, -0.05) is 42.5 Å². The number of hydrogen-bond donors (Lipinski definition) is 2. The molecule has 104 valence electrons. The van der Waals surface area contributed by atoms with E-state index in [2.05, 4.69) is 39.6 Å². The Morgan fingerprint density at radius 3 is 1.90 bits per heavy atom. The number of nitrogens with two attached hydrogens (primary N) is 2. The predicted molar refractivity (Wildman–Crippen MR) is 95.5 cm³/mol. The number of hydrogen-bond acceptors (Lipinski definition) is 2. The Morgan fingerprint density at radius 1 is 0.667 bits per heavy atom. The summed E-state index contributed by atoms with van der Waals surface area (Å²) in [6, 6.07) is 22.1. The van der Waals surface area contributed by atoms with Crippen LogP contribution in [0.3, 0.4) is 0 Å². The molecule has 3 aromatic carbocycles. The van der Waals surface area contributed by atoms with E-state index in [1.807, 2.05) is 36.4 Å². The van der Waals surface area contributed by atoms with E-state index in [1.165, 1.54) is 5.56 Å². The van der Waals surface area contributed by atoms with Gasteiger partial charge in [0.25, 0.3) is 0 Å². The van der Waals surface area contributed by atoms with Crippen LogP contribution in [-0.2, 0) is 0 Å². The van der Waals surface area contributed by atoms with Crippen molar-refractivity contribution in [3.8, 4) is 22.3 Å². The van der Waals surface area contributed by atoms with E-state index in [9.17, 15) is 0 Å². The highest BCUT2D eigenvalue weighted by Crippen LogP contribution is 2.33. The van der Waals surface area contributed by atoms with E-state index in [0.29, 0.717) is 0 Å². The summed E-state index contributed by atoms with van der Waals surface area (Å²) in [4.78, 5) is 0. The van der Waals surface area contributed by atoms with Gasteiger partial charge in [-0.05, 0) is 51.8 Å². The minimum absolute atomic E-state index is 0.763. The monoisotopic (exact) mass is 292 g/mol. The molecule has 0 spiro atoms. The molecule has 0 heterocycles. The molecule has 0 radical (unpaired) electrons. The van der Waals surface area contributed by atoms with Gasteiger partial charge in [-0.15, -0.1) is 9.24 Å². The van der Waals surface area contributed by atoms with Crippen molar-refractivity contribution in [1.82, 2.24) is 0 Å². The second-order valence-electron chi connectivity index (χ2n) is 5.02. The smallest absolute Gasteiger partial charge is 0.0320 e. The molecule has 3 aromatic rings. The summed E-state index contributed by atoms with van der Waals surface area (Å²) in [5, 5.41) is 1.14. The quantitative estimate of drug-likeness (QED) is 0.559. The van der Waals surface area contributed by atoms with Gasteiger partial charge in [0, 0.05) is 11.4 Å². The molecule has 0 aliphatic rings. The lowest BCUT2D eigenvalue weighted by Crippen LogP contribution is -2.00. The zero-order valence-corrected chi connectivity index (χ0v) is 12.7. The van der Waals surface area contributed by atoms with Crippen LogP contribution in [0, 0.1) is 0 Å². The molecule has 0 fully saturated rings. The summed E-state index contributed by atoms with van der Waals surface area (Å²) in [5.41, 5.74) is 17.9. The lowest BCUT2D eigenvalue weighted by Gasteiger charge is -2.14.